The molecule has 4 nitrogen and oxygen atoms in total. The van der Waals surface area contributed by atoms with E-state index in [0.29, 0.717) is 23.1 Å². The zero-order chi connectivity index (χ0) is 22.8. The van der Waals surface area contributed by atoms with Gasteiger partial charge in [-0.25, -0.2) is 0 Å². The average molecular weight is 473 g/mol. The Bertz CT molecular complexity index is 871. The van der Waals surface area contributed by atoms with Crippen LogP contribution < -0.4 is 5.32 Å². The Morgan fingerprint density at radius 3 is 2.47 bits per heavy atom. The van der Waals surface area contributed by atoms with Crippen molar-refractivity contribution in [1.82, 2.24) is 10.2 Å². The summed E-state index contributed by atoms with van der Waals surface area (Å²) < 4.78 is 0. The molecule has 0 saturated heterocycles. The van der Waals surface area contributed by atoms with Crippen LogP contribution >= 0.6 is 23.4 Å². The Hall–Kier alpha value is -1.98. The average Bonchev–Trinajstić information content (AvgIpc) is 2.81. The minimum atomic E-state index is -0.492. The maximum atomic E-state index is 13.2. The number of carbonyl (C=O) groups excluding carboxylic acids is 2. The molecule has 6 heteroatoms. The second kappa shape index (κ2) is 12.9. The molecule has 0 spiro atoms. The number of hydrogen-bond acceptors (Lipinski definition) is 3. The van der Waals surface area contributed by atoms with Gasteiger partial charge in [-0.3, -0.25) is 9.59 Å². The van der Waals surface area contributed by atoms with Crippen molar-refractivity contribution in [2.45, 2.75) is 63.3 Å². The van der Waals surface area contributed by atoms with Gasteiger partial charge in [0, 0.05) is 23.4 Å². The summed E-state index contributed by atoms with van der Waals surface area (Å²) in [7, 11) is 0. The topological polar surface area (TPSA) is 49.4 Å². The van der Waals surface area contributed by atoms with Crippen LogP contribution in [0.1, 0.15) is 50.2 Å². The summed E-state index contributed by atoms with van der Waals surface area (Å²) in [6.45, 7) is 2.37. The van der Waals surface area contributed by atoms with E-state index in [1.807, 2.05) is 49.4 Å². The first-order valence-corrected chi connectivity index (χ1v) is 13.0. The molecule has 2 amide bonds. The highest BCUT2D eigenvalue weighted by Gasteiger charge is 2.27. The second-order valence-corrected chi connectivity index (χ2v) is 9.82. The summed E-state index contributed by atoms with van der Waals surface area (Å²) >= 11 is 7.78. The highest BCUT2D eigenvalue weighted by atomic mass is 35.5. The minimum absolute atomic E-state index is 0.00993. The van der Waals surface area contributed by atoms with Crippen LogP contribution in [-0.4, -0.2) is 41.1 Å². The lowest BCUT2D eigenvalue weighted by molar-refractivity contribution is -0.138. The number of nitrogens with zero attached hydrogens (tertiary/aromatic N) is 1. The van der Waals surface area contributed by atoms with Gasteiger partial charge in [0.05, 0.1) is 5.75 Å². The fraction of sp³-hybridized carbons (Fsp3) is 0.462. The van der Waals surface area contributed by atoms with E-state index in [-0.39, 0.29) is 17.9 Å². The normalized spacial score (nSPS) is 15.2. The van der Waals surface area contributed by atoms with E-state index in [0.717, 1.165) is 43.2 Å². The van der Waals surface area contributed by atoms with E-state index in [2.05, 4.69) is 17.4 Å². The van der Waals surface area contributed by atoms with Crippen LogP contribution in [0, 0.1) is 0 Å². The largest absolute Gasteiger partial charge is 0.352 e. The lowest BCUT2D eigenvalue weighted by Gasteiger charge is -2.31. The third-order valence-corrected chi connectivity index (χ3v) is 7.38. The molecule has 1 saturated carbocycles. The van der Waals surface area contributed by atoms with Crippen LogP contribution in [0.2, 0.25) is 5.02 Å². The summed E-state index contributed by atoms with van der Waals surface area (Å²) in [5, 5.41) is 3.90. The summed E-state index contributed by atoms with van der Waals surface area (Å²) in [5.74, 6) is 0.931. The van der Waals surface area contributed by atoms with E-state index >= 15 is 0 Å². The van der Waals surface area contributed by atoms with Gasteiger partial charge >= 0.3 is 0 Å². The lowest BCUT2D eigenvalue weighted by Crippen LogP contribution is -2.51. The van der Waals surface area contributed by atoms with Gasteiger partial charge in [-0.2, -0.15) is 0 Å². The Morgan fingerprint density at radius 2 is 1.75 bits per heavy atom. The van der Waals surface area contributed by atoms with Crippen molar-refractivity contribution in [2.24, 2.45) is 0 Å². The quantitative estimate of drug-likeness (QED) is 0.498. The van der Waals surface area contributed by atoms with Gasteiger partial charge in [0.15, 0.2) is 0 Å². The number of nitrogens with one attached hydrogen (secondary N) is 1. The molecule has 1 aliphatic carbocycles. The van der Waals surface area contributed by atoms with Crippen LogP contribution in [0.3, 0.4) is 0 Å². The van der Waals surface area contributed by atoms with E-state index in [4.69, 9.17) is 11.6 Å². The number of thioether (sulfide) groups is 1. The molecule has 0 aromatic heterocycles. The first kappa shape index (κ1) is 24.7. The van der Waals surface area contributed by atoms with Crippen LogP contribution in [0.15, 0.2) is 54.6 Å². The zero-order valence-electron chi connectivity index (χ0n) is 18.8. The summed E-state index contributed by atoms with van der Waals surface area (Å²) in [4.78, 5) is 27.9. The fourth-order valence-corrected chi connectivity index (χ4v) is 5.28. The first-order valence-electron chi connectivity index (χ1n) is 11.5. The predicted octanol–water partition coefficient (Wildman–Crippen LogP) is 5.48. The van der Waals surface area contributed by atoms with Gasteiger partial charge in [0.2, 0.25) is 11.8 Å². The first-order chi connectivity index (χ1) is 15.5. The van der Waals surface area contributed by atoms with E-state index < -0.39 is 6.04 Å². The molecule has 32 heavy (non-hydrogen) atoms. The van der Waals surface area contributed by atoms with Crippen molar-refractivity contribution in [3.8, 4) is 0 Å². The molecular formula is C26H33ClN2O2S. The van der Waals surface area contributed by atoms with Gasteiger partial charge in [-0.15, -0.1) is 11.8 Å². The maximum Gasteiger partial charge on any atom is 0.242 e. The van der Waals surface area contributed by atoms with Crippen molar-refractivity contribution in [3.63, 3.8) is 0 Å². The standard InChI is InChI=1S/C26H33ClN2O2S/c1-20(26(31)28-23-13-6-3-7-14-23)29(17-16-21-10-4-2-5-11-21)25(30)19-32-18-22-12-8-9-15-24(22)27/h2,4-5,8-12,15,20,23H,3,6-7,13-14,16-19H2,1H3,(H,28,31). The van der Waals surface area contributed by atoms with Crippen molar-refractivity contribution in [2.75, 3.05) is 12.3 Å². The Labute approximate surface area is 201 Å². The molecular weight excluding hydrogens is 440 g/mol. The van der Waals surface area contributed by atoms with Gasteiger partial charge in [-0.05, 0) is 43.4 Å². The number of halogens is 1. The van der Waals surface area contributed by atoms with E-state index in [9.17, 15) is 9.59 Å². The van der Waals surface area contributed by atoms with Crippen molar-refractivity contribution >= 4 is 35.2 Å². The molecule has 172 valence electrons. The van der Waals surface area contributed by atoms with E-state index in [1.54, 1.807) is 4.90 Å². The van der Waals surface area contributed by atoms with Crippen LogP contribution in [0.25, 0.3) is 0 Å². The summed E-state index contributed by atoms with van der Waals surface area (Å²) in [6.07, 6.45) is 6.35. The number of amides is 2. The fourth-order valence-electron chi connectivity index (χ4n) is 4.09. The van der Waals surface area contributed by atoms with Gasteiger partial charge in [0.25, 0.3) is 0 Å². The minimum Gasteiger partial charge on any atom is -0.352 e. The predicted molar refractivity (Wildman–Crippen MR) is 134 cm³/mol. The molecule has 1 unspecified atom stereocenters. The Morgan fingerprint density at radius 1 is 1.06 bits per heavy atom. The van der Waals surface area contributed by atoms with Crippen LogP contribution in [-0.2, 0) is 21.8 Å². The molecule has 2 aromatic rings. The van der Waals surface area contributed by atoms with Gasteiger partial charge in [-0.1, -0.05) is 79.4 Å². The summed E-state index contributed by atoms with van der Waals surface area (Å²) in [6, 6.07) is 17.5. The molecule has 1 atom stereocenters. The van der Waals surface area contributed by atoms with Gasteiger partial charge in [0.1, 0.15) is 6.04 Å². The number of rotatable bonds is 10. The molecule has 1 fully saturated rings. The maximum absolute atomic E-state index is 13.2. The van der Waals surface area contributed by atoms with Crippen LogP contribution in [0.5, 0.6) is 0 Å². The Kier molecular flexibility index (Phi) is 9.94. The zero-order valence-corrected chi connectivity index (χ0v) is 20.3. The molecule has 0 bridgehead atoms. The molecule has 1 N–H and O–H groups in total. The Balaban J connectivity index is 1.60. The summed E-state index contributed by atoms with van der Waals surface area (Å²) in [5.41, 5.74) is 2.18. The smallest absolute Gasteiger partial charge is 0.242 e. The SMILES string of the molecule is CC(C(=O)NC1CCCCC1)N(CCc1ccccc1)C(=O)CSCc1ccccc1Cl. The molecule has 1 aliphatic rings. The van der Waals surface area contributed by atoms with E-state index in [1.165, 1.54) is 18.2 Å². The highest BCUT2D eigenvalue weighted by Crippen LogP contribution is 2.22. The lowest BCUT2D eigenvalue weighted by atomic mass is 9.95. The number of benzene rings is 2. The monoisotopic (exact) mass is 472 g/mol. The molecule has 0 radical (unpaired) electrons. The third-order valence-electron chi connectivity index (χ3n) is 6.04. The van der Waals surface area contributed by atoms with Crippen LogP contribution in [0.4, 0.5) is 0 Å². The highest BCUT2D eigenvalue weighted by molar-refractivity contribution is 7.99. The van der Waals surface area contributed by atoms with Crippen molar-refractivity contribution < 1.29 is 9.59 Å². The number of carbonyl (C=O) groups is 2. The molecule has 3 rings (SSSR count). The number of hydrogen-bond donors (Lipinski definition) is 1. The van der Waals surface area contributed by atoms with Crippen molar-refractivity contribution in [3.05, 3.63) is 70.7 Å². The molecule has 0 heterocycles. The van der Waals surface area contributed by atoms with Crippen molar-refractivity contribution in [1.29, 1.82) is 0 Å². The molecule has 2 aromatic carbocycles. The van der Waals surface area contributed by atoms with Gasteiger partial charge < -0.3 is 10.2 Å². The third kappa shape index (κ3) is 7.56. The molecule has 0 aliphatic heterocycles. The second-order valence-electron chi connectivity index (χ2n) is 8.43.